The average molecular weight is 275 g/mol. The van der Waals surface area contributed by atoms with E-state index in [4.69, 9.17) is 0 Å². The second kappa shape index (κ2) is 13.8. The van der Waals surface area contributed by atoms with Crippen molar-refractivity contribution in [1.82, 2.24) is 0 Å². The van der Waals surface area contributed by atoms with Gasteiger partial charge < -0.3 is 0 Å². The lowest BCUT2D eigenvalue weighted by Gasteiger charge is -2.00. The van der Waals surface area contributed by atoms with Gasteiger partial charge in [-0.15, -0.1) is 0 Å². The Kier molecular flexibility index (Phi) is 15.6. The minimum atomic E-state index is 1.01. The van der Waals surface area contributed by atoms with Crippen LogP contribution in [0.4, 0.5) is 0 Å². The van der Waals surface area contributed by atoms with E-state index in [9.17, 15) is 0 Å². The summed E-state index contributed by atoms with van der Waals surface area (Å²) in [7, 11) is 0. The first-order valence-corrected chi connectivity index (χ1v) is 9.09. The second-order valence-corrected chi connectivity index (χ2v) is 6.85. The van der Waals surface area contributed by atoms with Crippen LogP contribution in [-0.4, -0.2) is 46.0 Å². The van der Waals surface area contributed by atoms with Crippen LogP contribution in [0.3, 0.4) is 0 Å². The van der Waals surface area contributed by atoms with Gasteiger partial charge >= 0.3 is 0 Å². The summed E-state index contributed by atoms with van der Waals surface area (Å²) in [6.07, 6.45) is 0. The maximum Gasteiger partial charge on any atom is 0.00238 e. The molecule has 0 saturated heterocycles. The fourth-order valence-electron chi connectivity index (χ4n) is 0.671. The highest BCUT2D eigenvalue weighted by atomic mass is 32.2. The highest BCUT2D eigenvalue weighted by Crippen LogP contribution is 2.10. The standard InChI is InChI=1S/C8H18S5/c9-1-3-11-5-7-13-8-6-12-4-2-10/h9-10H,1-8H2. The summed E-state index contributed by atoms with van der Waals surface area (Å²) in [5, 5.41) is 0. The van der Waals surface area contributed by atoms with E-state index in [2.05, 4.69) is 37.0 Å². The Balaban J connectivity index is 2.76. The molecule has 0 radical (unpaired) electrons. The van der Waals surface area contributed by atoms with Gasteiger partial charge in [0, 0.05) is 34.5 Å². The molecule has 0 rings (SSSR count). The Morgan fingerprint density at radius 2 is 0.846 bits per heavy atom. The van der Waals surface area contributed by atoms with Crippen LogP contribution < -0.4 is 0 Å². The van der Waals surface area contributed by atoms with E-state index in [1.54, 1.807) is 0 Å². The molecule has 0 aromatic rings. The molecular formula is C8H18S5. The molecule has 0 atom stereocenters. The summed E-state index contributed by atoms with van der Waals surface area (Å²) in [5.41, 5.74) is 0. The van der Waals surface area contributed by atoms with Crippen LogP contribution in [0.1, 0.15) is 0 Å². The van der Waals surface area contributed by atoms with Crippen molar-refractivity contribution in [1.29, 1.82) is 0 Å². The maximum absolute atomic E-state index is 4.16. The third-order valence-electron chi connectivity index (χ3n) is 1.22. The summed E-state index contributed by atoms with van der Waals surface area (Å²) in [4.78, 5) is 0. The van der Waals surface area contributed by atoms with E-state index in [1.807, 2.05) is 23.5 Å². The molecule has 0 saturated carbocycles. The van der Waals surface area contributed by atoms with Crippen LogP contribution in [0, 0.1) is 0 Å². The number of rotatable bonds is 10. The molecule has 0 N–H and O–H groups in total. The summed E-state index contributed by atoms with van der Waals surface area (Å²) in [5.74, 6) is 9.54. The number of hydrogen-bond donors (Lipinski definition) is 2. The summed E-state index contributed by atoms with van der Waals surface area (Å²) in [6, 6.07) is 0. The predicted octanol–water partition coefficient (Wildman–Crippen LogP) is 3.05. The van der Waals surface area contributed by atoms with E-state index in [-0.39, 0.29) is 0 Å². The highest BCUT2D eigenvalue weighted by molar-refractivity contribution is 8.04. The summed E-state index contributed by atoms with van der Waals surface area (Å²) >= 11 is 14.4. The van der Waals surface area contributed by atoms with E-state index in [1.165, 1.54) is 34.5 Å². The zero-order valence-electron chi connectivity index (χ0n) is 7.78. The van der Waals surface area contributed by atoms with Gasteiger partial charge in [-0.05, 0) is 11.5 Å². The van der Waals surface area contributed by atoms with Gasteiger partial charge in [0.25, 0.3) is 0 Å². The van der Waals surface area contributed by atoms with Gasteiger partial charge in [0.2, 0.25) is 0 Å². The topological polar surface area (TPSA) is 0 Å². The molecule has 0 aliphatic rings. The first kappa shape index (κ1) is 14.8. The Bertz CT molecular complexity index is 78.6. The summed E-state index contributed by atoms with van der Waals surface area (Å²) in [6.45, 7) is 0. The van der Waals surface area contributed by atoms with Crippen molar-refractivity contribution in [3.8, 4) is 0 Å². The van der Waals surface area contributed by atoms with Crippen LogP contribution in [0.25, 0.3) is 0 Å². The Morgan fingerprint density at radius 3 is 1.15 bits per heavy atom. The van der Waals surface area contributed by atoms with E-state index >= 15 is 0 Å². The van der Waals surface area contributed by atoms with Crippen molar-refractivity contribution in [3.63, 3.8) is 0 Å². The Morgan fingerprint density at radius 1 is 0.538 bits per heavy atom. The van der Waals surface area contributed by atoms with Crippen LogP contribution >= 0.6 is 60.5 Å². The molecule has 13 heavy (non-hydrogen) atoms. The third kappa shape index (κ3) is 13.8. The van der Waals surface area contributed by atoms with E-state index in [0.29, 0.717) is 0 Å². The van der Waals surface area contributed by atoms with Gasteiger partial charge in [0.1, 0.15) is 0 Å². The molecule has 0 heterocycles. The minimum absolute atomic E-state index is 1.01. The largest absolute Gasteiger partial charge is 0.179 e. The quantitative estimate of drug-likeness (QED) is 0.464. The van der Waals surface area contributed by atoms with Crippen molar-refractivity contribution < 1.29 is 0 Å². The molecule has 80 valence electrons. The number of thioether (sulfide) groups is 3. The van der Waals surface area contributed by atoms with Crippen molar-refractivity contribution in [2.75, 3.05) is 46.0 Å². The Labute approximate surface area is 106 Å². The predicted molar refractivity (Wildman–Crippen MR) is 79.7 cm³/mol. The van der Waals surface area contributed by atoms with Gasteiger partial charge in [-0.25, -0.2) is 0 Å². The number of thiol groups is 2. The zero-order valence-corrected chi connectivity index (χ0v) is 12.0. The summed E-state index contributed by atoms with van der Waals surface area (Å²) < 4.78 is 0. The Hall–Kier alpha value is 1.75. The first-order chi connectivity index (χ1) is 6.41. The molecule has 0 unspecified atom stereocenters. The molecule has 0 nitrogen and oxygen atoms in total. The second-order valence-electron chi connectivity index (χ2n) is 2.28. The number of hydrogen-bond acceptors (Lipinski definition) is 5. The maximum atomic E-state index is 4.16. The lowest BCUT2D eigenvalue weighted by Crippen LogP contribution is -1.92. The fourth-order valence-corrected chi connectivity index (χ4v) is 4.20. The molecule has 0 spiro atoms. The van der Waals surface area contributed by atoms with Crippen molar-refractivity contribution in [2.24, 2.45) is 0 Å². The van der Waals surface area contributed by atoms with Crippen molar-refractivity contribution >= 4 is 60.5 Å². The van der Waals surface area contributed by atoms with Crippen molar-refractivity contribution in [3.05, 3.63) is 0 Å². The molecule has 0 fully saturated rings. The van der Waals surface area contributed by atoms with Gasteiger partial charge in [0.15, 0.2) is 0 Å². The molecule has 0 aliphatic heterocycles. The molecule has 0 aromatic carbocycles. The van der Waals surface area contributed by atoms with Gasteiger partial charge in [-0.1, -0.05) is 0 Å². The molecular weight excluding hydrogens is 256 g/mol. The SMILES string of the molecule is SCCSCCSCCSCCS. The molecule has 5 heteroatoms. The van der Waals surface area contributed by atoms with Crippen LogP contribution in [0.2, 0.25) is 0 Å². The van der Waals surface area contributed by atoms with E-state index < -0.39 is 0 Å². The smallest absolute Gasteiger partial charge is 0.00238 e. The average Bonchev–Trinajstić information content (AvgIpc) is 2.16. The monoisotopic (exact) mass is 274 g/mol. The van der Waals surface area contributed by atoms with E-state index in [0.717, 1.165) is 11.5 Å². The fraction of sp³-hybridized carbons (Fsp3) is 1.00. The lowest BCUT2D eigenvalue weighted by atomic mass is 10.9. The van der Waals surface area contributed by atoms with Gasteiger partial charge in [0.05, 0.1) is 0 Å². The molecule has 0 aliphatic carbocycles. The molecule has 0 amide bonds. The van der Waals surface area contributed by atoms with Crippen LogP contribution in [-0.2, 0) is 0 Å². The van der Waals surface area contributed by atoms with Crippen molar-refractivity contribution in [2.45, 2.75) is 0 Å². The normalized spacial score (nSPS) is 10.6. The van der Waals surface area contributed by atoms with Gasteiger partial charge in [-0.3, -0.25) is 0 Å². The van der Waals surface area contributed by atoms with Gasteiger partial charge in [-0.2, -0.15) is 60.5 Å². The van der Waals surface area contributed by atoms with Crippen LogP contribution in [0.5, 0.6) is 0 Å². The van der Waals surface area contributed by atoms with Crippen LogP contribution in [0.15, 0.2) is 0 Å². The third-order valence-corrected chi connectivity index (χ3v) is 5.74. The molecule has 0 aromatic heterocycles. The first-order valence-electron chi connectivity index (χ1n) is 4.36. The molecule has 0 bridgehead atoms. The zero-order chi connectivity index (χ0) is 9.78. The highest BCUT2D eigenvalue weighted by Gasteiger charge is 1.91. The lowest BCUT2D eigenvalue weighted by molar-refractivity contribution is 1.46. The minimum Gasteiger partial charge on any atom is -0.179 e.